The summed E-state index contributed by atoms with van der Waals surface area (Å²) in [6, 6.07) is 3.06. The van der Waals surface area contributed by atoms with Crippen molar-refractivity contribution in [2.45, 2.75) is 0 Å². The number of hydrogen-bond donors (Lipinski definition) is 2. The highest BCUT2D eigenvalue weighted by molar-refractivity contribution is 7.80. The number of hydrogen-bond acceptors (Lipinski definition) is 5. The summed E-state index contributed by atoms with van der Waals surface area (Å²) in [5, 5.41) is 2.36. The second-order valence-electron chi connectivity index (χ2n) is 3.06. The number of nitrogens with one attached hydrogen (secondary N) is 1. The number of carbonyl (C=O) groups is 2. The number of amides is 1. The van der Waals surface area contributed by atoms with Crippen LogP contribution in [0.25, 0.3) is 0 Å². The summed E-state index contributed by atoms with van der Waals surface area (Å²) in [4.78, 5) is 26.4. The standard InChI is InChI=1S/C10H11N3O3S/c1-16-8(14)5-13-10(15)7-3-2-6(4-12-7)9(11)17/h2-4H,5H2,1H3,(H2,11,17)(H,13,15). The van der Waals surface area contributed by atoms with Crippen LogP contribution in [0.4, 0.5) is 0 Å². The van der Waals surface area contributed by atoms with Gasteiger partial charge in [0, 0.05) is 11.8 Å². The number of carbonyl (C=O) groups excluding carboxylic acids is 2. The molecule has 0 aliphatic carbocycles. The number of thiocarbonyl (C=S) groups is 1. The van der Waals surface area contributed by atoms with Gasteiger partial charge in [-0.3, -0.25) is 14.6 Å². The minimum Gasteiger partial charge on any atom is -0.468 e. The van der Waals surface area contributed by atoms with Gasteiger partial charge >= 0.3 is 5.97 Å². The lowest BCUT2D eigenvalue weighted by molar-refractivity contribution is -0.139. The third kappa shape index (κ3) is 3.80. The number of rotatable bonds is 4. The minimum absolute atomic E-state index is 0.175. The zero-order valence-corrected chi connectivity index (χ0v) is 9.91. The topological polar surface area (TPSA) is 94.3 Å². The van der Waals surface area contributed by atoms with Crippen LogP contribution in [0.15, 0.2) is 18.3 Å². The SMILES string of the molecule is COC(=O)CNC(=O)c1ccc(C(N)=S)cn1. The summed E-state index contributed by atoms with van der Waals surface area (Å²) in [5.74, 6) is -0.997. The smallest absolute Gasteiger partial charge is 0.325 e. The van der Waals surface area contributed by atoms with Gasteiger partial charge in [-0.05, 0) is 12.1 Å². The number of nitrogens with zero attached hydrogens (tertiary/aromatic N) is 1. The Morgan fingerprint density at radius 1 is 1.53 bits per heavy atom. The van der Waals surface area contributed by atoms with Crippen LogP contribution >= 0.6 is 12.2 Å². The first-order chi connectivity index (χ1) is 8.04. The average molecular weight is 253 g/mol. The Kier molecular flexibility index (Phi) is 4.53. The fourth-order valence-corrected chi connectivity index (χ4v) is 1.11. The molecule has 1 rings (SSSR count). The molecule has 0 spiro atoms. The summed E-state index contributed by atoms with van der Waals surface area (Å²) in [6.45, 7) is -0.200. The second kappa shape index (κ2) is 5.90. The van der Waals surface area contributed by atoms with Crippen molar-refractivity contribution in [3.63, 3.8) is 0 Å². The van der Waals surface area contributed by atoms with E-state index in [2.05, 4.69) is 15.0 Å². The molecule has 6 nitrogen and oxygen atoms in total. The maximum Gasteiger partial charge on any atom is 0.325 e. The molecule has 0 saturated carbocycles. The fourth-order valence-electron chi connectivity index (χ4n) is 0.989. The number of nitrogens with two attached hydrogens (primary N) is 1. The lowest BCUT2D eigenvalue weighted by atomic mass is 10.2. The monoisotopic (exact) mass is 253 g/mol. The van der Waals surface area contributed by atoms with Crippen LogP contribution < -0.4 is 11.1 Å². The Morgan fingerprint density at radius 3 is 2.71 bits per heavy atom. The lowest BCUT2D eigenvalue weighted by Gasteiger charge is -2.03. The van der Waals surface area contributed by atoms with E-state index in [9.17, 15) is 9.59 Å². The maximum atomic E-state index is 11.5. The zero-order valence-electron chi connectivity index (χ0n) is 9.10. The van der Waals surface area contributed by atoms with Gasteiger partial charge in [0.05, 0.1) is 7.11 Å². The van der Waals surface area contributed by atoms with Gasteiger partial charge in [0.15, 0.2) is 0 Å². The van der Waals surface area contributed by atoms with Crippen LogP contribution in [-0.4, -0.2) is 35.5 Å². The van der Waals surface area contributed by atoms with Crippen molar-refractivity contribution < 1.29 is 14.3 Å². The average Bonchev–Trinajstić information content (AvgIpc) is 2.35. The van der Waals surface area contributed by atoms with E-state index in [1.54, 1.807) is 6.07 Å². The number of aromatic nitrogens is 1. The van der Waals surface area contributed by atoms with E-state index in [1.807, 2.05) is 0 Å². The molecule has 3 N–H and O–H groups in total. The van der Waals surface area contributed by atoms with E-state index in [1.165, 1.54) is 19.4 Å². The number of pyridine rings is 1. The van der Waals surface area contributed by atoms with Gasteiger partial charge in [-0.1, -0.05) is 12.2 Å². The van der Waals surface area contributed by atoms with E-state index >= 15 is 0 Å². The van der Waals surface area contributed by atoms with Gasteiger partial charge in [-0.25, -0.2) is 0 Å². The van der Waals surface area contributed by atoms with Crippen LogP contribution in [-0.2, 0) is 9.53 Å². The van der Waals surface area contributed by atoms with Crippen LogP contribution in [0, 0.1) is 0 Å². The van der Waals surface area contributed by atoms with Crippen LogP contribution in [0.5, 0.6) is 0 Å². The molecule has 1 aromatic heterocycles. The number of esters is 1. The third-order valence-corrected chi connectivity index (χ3v) is 2.14. The lowest BCUT2D eigenvalue weighted by Crippen LogP contribution is -2.30. The third-order valence-electron chi connectivity index (χ3n) is 1.90. The van der Waals surface area contributed by atoms with E-state index < -0.39 is 11.9 Å². The molecule has 1 heterocycles. The van der Waals surface area contributed by atoms with Gasteiger partial charge in [0.2, 0.25) is 0 Å². The Bertz CT molecular complexity index is 445. The number of ether oxygens (including phenoxy) is 1. The molecule has 0 aliphatic rings. The fraction of sp³-hybridized carbons (Fsp3) is 0.200. The zero-order chi connectivity index (χ0) is 12.8. The molecule has 17 heavy (non-hydrogen) atoms. The maximum absolute atomic E-state index is 11.5. The molecule has 0 unspecified atom stereocenters. The Balaban J connectivity index is 2.64. The normalized spacial score (nSPS) is 9.47. The first-order valence-electron chi connectivity index (χ1n) is 4.65. The van der Waals surface area contributed by atoms with Crippen LogP contribution in [0.1, 0.15) is 16.1 Å². The second-order valence-corrected chi connectivity index (χ2v) is 3.50. The Hall–Kier alpha value is -2.02. The van der Waals surface area contributed by atoms with E-state index in [4.69, 9.17) is 18.0 Å². The molecule has 0 radical (unpaired) electrons. The molecule has 0 bridgehead atoms. The van der Waals surface area contributed by atoms with Crippen molar-refractivity contribution in [1.82, 2.24) is 10.3 Å². The predicted octanol–water partition coefficient (Wildman–Crippen LogP) is -0.381. The first kappa shape index (κ1) is 13.0. The van der Waals surface area contributed by atoms with Gasteiger partial charge < -0.3 is 15.8 Å². The quantitative estimate of drug-likeness (QED) is 0.561. The molecule has 0 atom stereocenters. The molecule has 1 aromatic rings. The molecule has 0 aliphatic heterocycles. The van der Waals surface area contributed by atoms with Crippen molar-refractivity contribution in [3.8, 4) is 0 Å². The molecule has 90 valence electrons. The summed E-state index contributed by atoms with van der Waals surface area (Å²) in [5.41, 5.74) is 6.13. The van der Waals surface area contributed by atoms with E-state index in [0.717, 1.165) is 0 Å². The highest BCUT2D eigenvalue weighted by Gasteiger charge is 2.09. The van der Waals surface area contributed by atoms with Crippen molar-refractivity contribution >= 4 is 29.1 Å². The van der Waals surface area contributed by atoms with Gasteiger partial charge in [-0.2, -0.15) is 0 Å². The Labute approximate surface area is 103 Å². The first-order valence-corrected chi connectivity index (χ1v) is 5.06. The van der Waals surface area contributed by atoms with Gasteiger partial charge in [0.1, 0.15) is 17.2 Å². The van der Waals surface area contributed by atoms with Crippen molar-refractivity contribution in [3.05, 3.63) is 29.6 Å². The summed E-state index contributed by atoms with van der Waals surface area (Å²) in [6.07, 6.45) is 1.40. The molecule has 0 saturated heterocycles. The van der Waals surface area contributed by atoms with Crippen molar-refractivity contribution in [2.24, 2.45) is 5.73 Å². The highest BCUT2D eigenvalue weighted by atomic mass is 32.1. The number of methoxy groups -OCH3 is 1. The van der Waals surface area contributed by atoms with Crippen LogP contribution in [0.2, 0.25) is 0 Å². The van der Waals surface area contributed by atoms with E-state index in [-0.39, 0.29) is 17.2 Å². The summed E-state index contributed by atoms with van der Waals surface area (Å²) in [7, 11) is 1.24. The van der Waals surface area contributed by atoms with E-state index in [0.29, 0.717) is 5.56 Å². The molecule has 7 heteroatoms. The van der Waals surface area contributed by atoms with Gasteiger partial charge in [-0.15, -0.1) is 0 Å². The minimum atomic E-state index is -0.530. The largest absolute Gasteiger partial charge is 0.468 e. The molecule has 0 fully saturated rings. The summed E-state index contributed by atoms with van der Waals surface area (Å²) < 4.78 is 4.38. The molecule has 1 amide bonds. The van der Waals surface area contributed by atoms with Gasteiger partial charge in [0.25, 0.3) is 5.91 Å². The molecular weight excluding hydrogens is 242 g/mol. The molecule has 0 aromatic carbocycles. The molecular formula is C10H11N3O3S. The van der Waals surface area contributed by atoms with Crippen LogP contribution in [0.3, 0.4) is 0 Å². The Morgan fingerprint density at radius 2 is 2.24 bits per heavy atom. The predicted molar refractivity (Wildman–Crippen MR) is 64.5 cm³/mol. The van der Waals surface area contributed by atoms with Crippen molar-refractivity contribution in [2.75, 3.05) is 13.7 Å². The summed E-state index contributed by atoms with van der Waals surface area (Å²) >= 11 is 4.75. The highest BCUT2D eigenvalue weighted by Crippen LogP contribution is 2.00. The van der Waals surface area contributed by atoms with Crippen molar-refractivity contribution in [1.29, 1.82) is 0 Å².